The van der Waals surface area contributed by atoms with Crippen LogP contribution in [0.4, 0.5) is 0 Å². The van der Waals surface area contributed by atoms with Crippen LogP contribution in [0.3, 0.4) is 0 Å². The van der Waals surface area contributed by atoms with Gasteiger partial charge in [-0.1, -0.05) is 116 Å². The average molecular weight is 649 g/mol. The lowest BCUT2D eigenvalue weighted by Gasteiger charge is -2.43. The van der Waals surface area contributed by atoms with Crippen molar-refractivity contribution < 1.29 is 24.1 Å². The predicted molar refractivity (Wildman–Crippen MR) is 193 cm³/mol. The lowest BCUT2D eigenvalue weighted by Crippen LogP contribution is -2.53. The highest BCUT2D eigenvalue weighted by Gasteiger charge is 2.43. The highest BCUT2D eigenvalue weighted by Crippen LogP contribution is 2.38. The number of unbranched alkanes of at least 4 members (excludes halogenated alkanes) is 1. The monoisotopic (exact) mass is 648 g/mol. The van der Waals surface area contributed by atoms with E-state index in [0.29, 0.717) is 32.7 Å². The minimum Gasteiger partial charge on any atom is -0.390 e. The first-order valence-electron chi connectivity index (χ1n) is 17.5. The van der Waals surface area contributed by atoms with Crippen molar-refractivity contribution in [2.24, 2.45) is 0 Å². The fourth-order valence-electron chi connectivity index (χ4n) is 6.37. The standard InChI is InChI=1S/C43H52O5/c1-4-25-45-26-13-12-14-33-20-22-34(23-21-33)27-38-28-37(24-19-32(38)3)40-29-41(46-30-35-15-8-6-9-16-35)43(42(48-40)39(44)5-2)47-31-36-17-10-7-11-18-36/h4,6-11,15-24,28,39-44H,1,5,12-14,25-27,29-31H2,2-3H3/t39?,40?,41?,42?,43-/m0/s1. The van der Waals surface area contributed by atoms with Crippen LogP contribution in [0, 0.1) is 6.92 Å². The van der Waals surface area contributed by atoms with Crippen LogP contribution in [-0.4, -0.2) is 42.7 Å². The largest absolute Gasteiger partial charge is 0.390 e. The molecular weight excluding hydrogens is 596 g/mol. The third-order valence-corrected chi connectivity index (χ3v) is 9.25. The van der Waals surface area contributed by atoms with Crippen molar-refractivity contribution in [2.75, 3.05) is 13.2 Å². The van der Waals surface area contributed by atoms with Gasteiger partial charge in [-0.2, -0.15) is 0 Å². The summed E-state index contributed by atoms with van der Waals surface area (Å²) in [5.41, 5.74) is 8.47. The van der Waals surface area contributed by atoms with Crippen LogP contribution < -0.4 is 0 Å². The zero-order chi connectivity index (χ0) is 33.6. The third-order valence-electron chi connectivity index (χ3n) is 9.25. The summed E-state index contributed by atoms with van der Waals surface area (Å²) in [6.07, 6.45) is 4.95. The molecule has 48 heavy (non-hydrogen) atoms. The second-order valence-electron chi connectivity index (χ2n) is 12.9. The van der Waals surface area contributed by atoms with Gasteiger partial charge in [-0.15, -0.1) is 6.58 Å². The summed E-state index contributed by atoms with van der Waals surface area (Å²) in [4.78, 5) is 0. The van der Waals surface area contributed by atoms with Crippen LogP contribution in [0.5, 0.6) is 0 Å². The second-order valence-corrected chi connectivity index (χ2v) is 12.9. The number of aliphatic hydroxyl groups excluding tert-OH is 1. The summed E-state index contributed by atoms with van der Waals surface area (Å²) in [5.74, 6) is 0. The molecule has 0 aromatic heterocycles. The molecule has 5 nitrogen and oxygen atoms in total. The smallest absolute Gasteiger partial charge is 0.113 e. The normalized spacial score (nSPS) is 20.0. The van der Waals surface area contributed by atoms with Crippen LogP contribution in [0.15, 0.2) is 116 Å². The molecule has 0 spiro atoms. The Hall–Kier alpha value is -3.58. The molecule has 0 aliphatic carbocycles. The van der Waals surface area contributed by atoms with E-state index >= 15 is 0 Å². The number of ether oxygens (including phenoxy) is 4. The van der Waals surface area contributed by atoms with Crippen molar-refractivity contribution in [3.63, 3.8) is 0 Å². The van der Waals surface area contributed by atoms with E-state index < -0.39 is 18.3 Å². The van der Waals surface area contributed by atoms with Crippen LogP contribution in [0.2, 0.25) is 0 Å². The summed E-state index contributed by atoms with van der Waals surface area (Å²) in [6.45, 7) is 10.2. The Bertz CT molecular complexity index is 1500. The van der Waals surface area contributed by atoms with E-state index in [1.165, 1.54) is 22.3 Å². The maximum absolute atomic E-state index is 11.3. The molecule has 4 unspecified atom stereocenters. The molecule has 254 valence electrons. The van der Waals surface area contributed by atoms with Gasteiger partial charge in [-0.25, -0.2) is 0 Å². The zero-order valence-electron chi connectivity index (χ0n) is 28.6. The lowest BCUT2D eigenvalue weighted by molar-refractivity contribution is -0.232. The maximum atomic E-state index is 11.3. The highest BCUT2D eigenvalue weighted by molar-refractivity contribution is 5.37. The third kappa shape index (κ3) is 10.5. The number of hydrogen-bond acceptors (Lipinski definition) is 5. The average Bonchev–Trinajstić information content (AvgIpc) is 3.13. The summed E-state index contributed by atoms with van der Waals surface area (Å²) in [6, 6.07) is 36.0. The van der Waals surface area contributed by atoms with Crippen LogP contribution >= 0.6 is 0 Å². The quantitative estimate of drug-likeness (QED) is 0.0863. The fraction of sp³-hybridized carbons (Fsp3) is 0.395. The molecule has 1 aliphatic heterocycles. The molecule has 0 radical (unpaired) electrons. The Morgan fingerprint density at radius 2 is 1.50 bits per heavy atom. The summed E-state index contributed by atoms with van der Waals surface area (Å²) in [5, 5.41) is 11.3. The Morgan fingerprint density at radius 1 is 0.833 bits per heavy atom. The number of benzene rings is 4. The molecule has 5 atom stereocenters. The van der Waals surface area contributed by atoms with Gasteiger partial charge in [-0.05, 0) is 78.0 Å². The van der Waals surface area contributed by atoms with Gasteiger partial charge in [0, 0.05) is 13.0 Å². The summed E-state index contributed by atoms with van der Waals surface area (Å²) >= 11 is 0. The van der Waals surface area contributed by atoms with Gasteiger partial charge in [-0.3, -0.25) is 0 Å². The zero-order valence-corrected chi connectivity index (χ0v) is 28.6. The molecule has 0 saturated carbocycles. The van der Waals surface area contributed by atoms with E-state index in [9.17, 15) is 5.11 Å². The Kier molecular flexibility index (Phi) is 14.0. The predicted octanol–water partition coefficient (Wildman–Crippen LogP) is 8.88. The topological polar surface area (TPSA) is 57.2 Å². The van der Waals surface area contributed by atoms with Gasteiger partial charge < -0.3 is 24.1 Å². The van der Waals surface area contributed by atoms with Crippen LogP contribution in [-0.2, 0) is 45.0 Å². The fourth-order valence-corrected chi connectivity index (χ4v) is 6.37. The van der Waals surface area contributed by atoms with Crippen molar-refractivity contribution >= 4 is 0 Å². The van der Waals surface area contributed by atoms with Crippen molar-refractivity contribution in [3.8, 4) is 0 Å². The molecule has 4 aromatic carbocycles. The Labute approximate surface area is 287 Å². The number of hydrogen-bond donors (Lipinski definition) is 1. The van der Waals surface area contributed by atoms with Crippen molar-refractivity contribution in [3.05, 3.63) is 155 Å². The minimum atomic E-state index is -0.681. The van der Waals surface area contributed by atoms with Crippen molar-refractivity contribution in [1.82, 2.24) is 0 Å². The number of aliphatic hydroxyl groups is 1. The number of rotatable bonds is 18. The molecule has 5 heteroatoms. The Balaban J connectivity index is 1.30. The summed E-state index contributed by atoms with van der Waals surface area (Å²) in [7, 11) is 0. The van der Waals surface area contributed by atoms with Gasteiger partial charge >= 0.3 is 0 Å². The van der Waals surface area contributed by atoms with Crippen LogP contribution in [0.25, 0.3) is 0 Å². The molecule has 1 N–H and O–H groups in total. The molecule has 0 bridgehead atoms. The SMILES string of the molecule is C=CCOCCCCc1ccc(Cc2cc(C3CC(OCc4ccccc4)[C@H](OCc4ccccc4)C(C(O)CC)O3)ccc2C)cc1. The van der Waals surface area contributed by atoms with E-state index in [4.69, 9.17) is 18.9 Å². The van der Waals surface area contributed by atoms with Gasteiger partial charge in [0.1, 0.15) is 12.2 Å². The van der Waals surface area contributed by atoms with Crippen LogP contribution in [0.1, 0.15) is 77.7 Å². The summed E-state index contributed by atoms with van der Waals surface area (Å²) < 4.78 is 25.5. The highest BCUT2D eigenvalue weighted by atomic mass is 16.6. The van der Waals surface area contributed by atoms with E-state index in [-0.39, 0.29) is 12.2 Å². The maximum Gasteiger partial charge on any atom is 0.113 e. The number of aryl methyl sites for hydroxylation is 2. The van der Waals surface area contributed by atoms with E-state index in [0.717, 1.165) is 49.0 Å². The molecular formula is C43H52O5. The Morgan fingerprint density at radius 3 is 2.17 bits per heavy atom. The molecule has 1 aliphatic rings. The van der Waals surface area contributed by atoms with E-state index in [1.807, 2.05) is 43.3 Å². The molecule has 5 rings (SSSR count). The molecule has 4 aromatic rings. The second kappa shape index (κ2) is 18.8. The first-order chi connectivity index (χ1) is 23.5. The molecule has 1 heterocycles. The first-order valence-corrected chi connectivity index (χ1v) is 17.5. The molecule has 1 fully saturated rings. The van der Waals surface area contributed by atoms with Gasteiger partial charge in [0.05, 0.1) is 38.1 Å². The van der Waals surface area contributed by atoms with Gasteiger partial charge in [0.15, 0.2) is 0 Å². The molecule has 1 saturated heterocycles. The first kappa shape index (κ1) is 35.7. The van der Waals surface area contributed by atoms with Gasteiger partial charge in [0.2, 0.25) is 0 Å². The van der Waals surface area contributed by atoms with E-state index in [1.54, 1.807) is 6.08 Å². The van der Waals surface area contributed by atoms with Gasteiger partial charge in [0.25, 0.3) is 0 Å². The van der Waals surface area contributed by atoms with E-state index in [2.05, 4.69) is 80.2 Å². The molecule has 0 amide bonds. The minimum absolute atomic E-state index is 0.231. The lowest BCUT2D eigenvalue weighted by atomic mass is 9.88. The van der Waals surface area contributed by atoms with Crippen molar-refractivity contribution in [1.29, 1.82) is 0 Å². The van der Waals surface area contributed by atoms with Crippen molar-refractivity contribution in [2.45, 2.75) is 96.1 Å².